The van der Waals surface area contributed by atoms with Gasteiger partial charge in [-0.15, -0.1) is 0 Å². The molecule has 0 aliphatic heterocycles. The summed E-state index contributed by atoms with van der Waals surface area (Å²) in [5, 5.41) is 3.05. The summed E-state index contributed by atoms with van der Waals surface area (Å²) in [6.07, 6.45) is 1.75. The van der Waals surface area contributed by atoms with Crippen LogP contribution >= 0.6 is 0 Å². The van der Waals surface area contributed by atoms with Crippen molar-refractivity contribution in [1.82, 2.24) is 10.3 Å². The van der Waals surface area contributed by atoms with Gasteiger partial charge in [-0.2, -0.15) is 0 Å². The number of rotatable bonds is 6. The van der Waals surface area contributed by atoms with E-state index in [4.69, 9.17) is 4.74 Å². The lowest BCUT2D eigenvalue weighted by molar-refractivity contribution is 0.420. The molecule has 0 radical (unpaired) electrons. The zero-order valence-electron chi connectivity index (χ0n) is 12.1. The van der Waals surface area contributed by atoms with Gasteiger partial charge >= 0.3 is 0 Å². The molecule has 1 N–H and O–H groups in total. The minimum absolute atomic E-state index is 0.161. The number of halogens is 2. The summed E-state index contributed by atoms with van der Waals surface area (Å²) in [6.45, 7) is 2.71. The fraction of sp³-hybridized carbons (Fsp3) is 0.312. The van der Waals surface area contributed by atoms with E-state index in [1.807, 2.05) is 13.1 Å². The molecule has 2 rings (SSSR count). The van der Waals surface area contributed by atoms with E-state index in [0.29, 0.717) is 6.54 Å². The lowest BCUT2D eigenvalue weighted by atomic mass is 10.1. The lowest BCUT2D eigenvalue weighted by Crippen LogP contribution is -2.07. The summed E-state index contributed by atoms with van der Waals surface area (Å²) in [5.41, 5.74) is 1.86. The molecule has 0 amide bonds. The molecule has 0 aliphatic rings. The molecule has 0 unspecified atom stereocenters. The van der Waals surface area contributed by atoms with Crippen LogP contribution < -0.4 is 10.1 Å². The first-order valence-electron chi connectivity index (χ1n) is 6.89. The monoisotopic (exact) mass is 292 g/mol. The summed E-state index contributed by atoms with van der Waals surface area (Å²) >= 11 is 0. The third-order valence-corrected chi connectivity index (χ3v) is 2.91. The van der Waals surface area contributed by atoms with E-state index in [2.05, 4.69) is 17.2 Å². The van der Waals surface area contributed by atoms with Crippen LogP contribution in [0, 0.1) is 11.6 Å². The Balaban J connectivity index is 2.31. The molecule has 0 saturated carbocycles. The molecule has 0 aliphatic carbocycles. The second-order valence-electron chi connectivity index (χ2n) is 4.76. The molecule has 1 aromatic carbocycles. The number of aryl methyl sites for hydroxylation is 1. The van der Waals surface area contributed by atoms with E-state index in [1.54, 1.807) is 6.07 Å². The van der Waals surface area contributed by atoms with Crippen molar-refractivity contribution >= 4 is 0 Å². The van der Waals surface area contributed by atoms with Gasteiger partial charge in [0, 0.05) is 24.4 Å². The molecule has 21 heavy (non-hydrogen) atoms. The van der Waals surface area contributed by atoms with Crippen LogP contribution in [0.25, 0.3) is 0 Å². The molecule has 0 bridgehead atoms. The zero-order chi connectivity index (χ0) is 15.2. The summed E-state index contributed by atoms with van der Waals surface area (Å²) in [6, 6.07) is 6.81. The minimum atomic E-state index is -0.616. The van der Waals surface area contributed by atoms with E-state index < -0.39 is 11.6 Å². The first kappa shape index (κ1) is 15.4. The van der Waals surface area contributed by atoms with Crippen LogP contribution in [0.5, 0.6) is 11.6 Å². The number of benzene rings is 1. The number of hydrogen-bond donors (Lipinski definition) is 1. The second-order valence-corrected chi connectivity index (χ2v) is 4.76. The van der Waals surface area contributed by atoms with E-state index in [9.17, 15) is 8.78 Å². The standard InChI is InChI=1S/C16H18F2N2O/c1-3-4-13-7-11(10-19-2)8-16(20-13)21-15-9-12(17)5-6-14(15)18/h5-9,19H,3-4,10H2,1-2H3. The Morgan fingerprint density at radius 2 is 2.00 bits per heavy atom. The normalized spacial score (nSPS) is 10.7. The Hall–Kier alpha value is -2.01. The molecular formula is C16H18F2N2O. The molecule has 112 valence electrons. The maximum atomic E-state index is 13.6. The Morgan fingerprint density at radius 3 is 2.71 bits per heavy atom. The predicted octanol–water partition coefficient (Wildman–Crippen LogP) is 3.82. The van der Waals surface area contributed by atoms with Crippen LogP contribution in [0.2, 0.25) is 0 Å². The summed E-state index contributed by atoms with van der Waals surface area (Å²) in [5.74, 6) is -1.05. The van der Waals surface area contributed by atoms with Crippen molar-refractivity contribution in [1.29, 1.82) is 0 Å². The fourth-order valence-corrected chi connectivity index (χ4v) is 2.03. The maximum Gasteiger partial charge on any atom is 0.219 e. The lowest BCUT2D eigenvalue weighted by Gasteiger charge is -2.10. The highest BCUT2D eigenvalue weighted by Gasteiger charge is 2.09. The van der Waals surface area contributed by atoms with Crippen molar-refractivity contribution in [3.8, 4) is 11.6 Å². The average Bonchev–Trinajstić information content (AvgIpc) is 2.43. The average molecular weight is 292 g/mol. The van der Waals surface area contributed by atoms with Gasteiger partial charge in [0.25, 0.3) is 0 Å². The SMILES string of the molecule is CCCc1cc(CNC)cc(Oc2cc(F)ccc2F)n1. The number of ether oxygens (including phenoxy) is 1. The molecule has 1 aromatic heterocycles. The first-order valence-corrected chi connectivity index (χ1v) is 6.89. The summed E-state index contributed by atoms with van der Waals surface area (Å²) < 4.78 is 32.2. The van der Waals surface area contributed by atoms with Crippen LogP contribution in [-0.4, -0.2) is 12.0 Å². The van der Waals surface area contributed by atoms with Crippen molar-refractivity contribution in [2.45, 2.75) is 26.3 Å². The molecule has 0 fully saturated rings. The molecule has 2 aromatic rings. The topological polar surface area (TPSA) is 34.1 Å². The zero-order valence-corrected chi connectivity index (χ0v) is 12.1. The molecule has 3 nitrogen and oxygen atoms in total. The van der Waals surface area contributed by atoms with Crippen LogP contribution in [0.4, 0.5) is 8.78 Å². The summed E-state index contributed by atoms with van der Waals surface area (Å²) in [4.78, 5) is 4.33. The van der Waals surface area contributed by atoms with Gasteiger partial charge in [0.1, 0.15) is 5.82 Å². The van der Waals surface area contributed by atoms with Crippen molar-refractivity contribution in [3.05, 3.63) is 53.2 Å². The minimum Gasteiger partial charge on any atom is -0.436 e. The van der Waals surface area contributed by atoms with Gasteiger partial charge in [0.2, 0.25) is 5.88 Å². The van der Waals surface area contributed by atoms with E-state index in [0.717, 1.165) is 42.3 Å². The Bertz CT molecular complexity index is 593. The van der Waals surface area contributed by atoms with Gasteiger partial charge in [-0.3, -0.25) is 0 Å². The molecule has 0 spiro atoms. The van der Waals surface area contributed by atoms with Crippen molar-refractivity contribution in [3.63, 3.8) is 0 Å². The Morgan fingerprint density at radius 1 is 1.19 bits per heavy atom. The van der Waals surface area contributed by atoms with E-state index in [-0.39, 0.29) is 11.6 Å². The van der Waals surface area contributed by atoms with Gasteiger partial charge in [-0.05, 0) is 37.2 Å². The second kappa shape index (κ2) is 7.13. The van der Waals surface area contributed by atoms with Gasteiger partial charge in [0.05, 0.1) is 0 Å². The number of nitrogens with one attached hydrogen (secondary N) is 1. The summed E-state index contributed by atoms with van der Waals surface area (Å²) in [7, 11) is 1.84. The molecule has 5 heteroatoms. The van der Waals surface area contributed by atoms with Crippen molar-refractivity contribution in [2.75, 3.05) is 7.05 Å². The predicted molar refractivity (Wildman–Crippen MR) is 77.4 cm³/mol. The highest BCUT2D eigenvalue weighted by molar-refractivity contribution is 5.32. The molecule has 0 atom stereocenters. The first-order chi connectivity index (χ1) is 10.1. The van der Waals surface area contributed by atoms with Crippen LogP contribution in [0.3, 0.4) is 0 Å². The number of hydrogen-bond acceptors (Lipinski definition) is 3. The fourth-order valence-electron chi connectivity index (χ4n) is 2.03. The molecule has 1 heterocycles. The Labute approximate surface area is 123 Å². The smallest absolute Gasteiger partial charge is 0.219 e. The highest BCUT2D eigenvalue weighted by atomic mass is 19.1. The number of nitrogens with zero attached hydrogens (tertiary/aromatic N) is 1. The van der Waals surface area contributed by atoms with Crippen LogP contribution in [-0.2, 0) is 13.0 Å². The van der Waals surface area contributed by atoms with E-state index >= 15 is 0 Å². The molecule has 0 saturated heterocycles. The number of pyridine rings is 1. The number of aromatic nitrogens is 1. The van der Waals surface area contributed by atoms with Crippen LogP contribution in [0.1, 0.15) is 24.6 Å². The highest BCUT2D eigenvalue weighted by Crippen LogP contribution is 2.25. The van der Waals surface area contributed by atoms with Gasteiger partial charge in [-0.1, -0.05) is 13.3 Å². The Kier molecular flexibility index (Phi) is 5.22. The largest absolute Gasteiger partial charge is 0.436 e. The maximum absolute atomic E-state index is 13.6. The molecular weight excluding hydrogens is 274 g/mol. The van der Waals surface area contributed by atoms with Crippen LogP contribution in [0.15, 0.2) is 30.3 Å². The van der Waals surface area contributed by atoms with Crippen molar-refractivity contribution < 1.29 is 13.5 Å². The quantitative estimate of drug-likeness (QED) is 0.878. The third-order valence-electron chi connectivity index (χ3n) is 2.91. The van der Waals surface area contributed by atoms with Crippen molar-refractivity contribution in [2.24, 2.45) is 0 Å². The van der Waals surface area contributed by atoms with Gasteiger partial charge in [-0.25, -0.2) is 13.8 Å². The van der Waals surface area contributed by atoms with E-state index in [1.165, 1.54) is 0 Å². The van der Waals surface area contributed by atoms with Gasteiger partial charge in [0.15, 0.2) is 11.6 Å². The van der Waals surface area contributed by atoms with Gasteiger partial charge < -0.3 is 10.1 Å². The third kappa shape index (κ3) is 4.23.